The summed E-state index contributed by atoms with van der Waals surface area (Å²) in [5.41, 5.74) is 5.30. The quantitative estimate of drug-likeness (QED) is 0.896. The van der Waals surface area contributed by atoms with Crippen molar-refractivity contribution in [2.45, 2.75) is 44.9 Å². The number of hydrogen-bond acceptors (Lipinski definition) is 2. The van der Waals surface area contributed by atoms with Crippen LogP contribution in [0.5, 0.6) is 0 Å². The summed E-state index contributed by atoms with van der Waals surface area (Å²) in [5.74, 6) is 1.92. The van der Waals surface area contributed by atoms with E-state index in [1.54, 1.807) is 0 Å². The van der Waals surface area contributed by atoms with Gasteiger partial charge in [0.05, 0.1) is 11.4 Å². The molecule has 1 N–H and O–H groups in total. The molecule has 20 heavy (non-hydrogen) atoms. The summed E-state index contributed by atoms with van der Waals surface area (Å²) in [4.78, 5) is 0. The summed E-state index contributed by atoms with van der Waals surface area (Å²) >= 11 is 0. The first kappa shape index (κ1) is 12.0. The van der Waals surface area contributed by atoms with Crippen LogP contribution in [0.1, 0.15) is 48.4 Å². The van der Waals surface area contributed by atoms with E-state index in [1.165, 1.54) is 54.0 Å². The van der Waals surface area contributed by atoms with Crippen molar-refractivity contribution in [1.29, 1.82) is 0 Å². The lowest BCUT2D eigenvalue weighted by molar-refractivity contribution is 0.670. The molecule has 1 aromatic carbocycles. The molecule has 0 saturated heterocycles. The number of anilines is 1. The van der Waals surface area contributed by atoms with Gasteiger partial charge in [-0.3, -0.25) is 0 Å². The van der Waals surface area contributed by atoms with Crippen LogP contribution in [0.15, 0.2) is 24.3 Å². The minimum absolute atomic E-state index is 0.690. The molecule has 0 amide bonds. The SMILES string of the molecule is Cc1cccc(-n2nc(C3CCCC3)c3c2NCC3)c1. The van der Waals surface area contributed by atoms with Crippen LogP contribution in [0, 0.1) is 6.92 Å². The molecule has 3 nitrogen and oxygen atoms in total. The zero-order valence-electron chi connectivity index (χ0n) is 12.0. The van der Waals surface area contributed by atoms with Crippen molar-refractivity contribution in [3.8, 4) is 5.69 Å². The molecule has 0 atom stereocenters. The van der Waals surface area contributed by atoms with Gasteiger partial charge in [0.2, 0.25) is 0 Å². The highest BCUT2D eigenvalue weighted by Gasteiger charge is 2.29. The molecular formula is C17H21N3. The molecule has 1 saturated carbocycles. The number of benzene rings is 1. The third-order valence-electron chi connectivity index (χ3n) is 4.67. The van der Waals surface area contributed by atoms with Crippen LogP contribution in [0.3, 0.4) is 0 Å². The van der Waals surface area contributed by atoms with E-state index in [2.05, 4.69) is 41.2 Å². The number of fused-ring (bicyclic) bond motifs is 1. The summed E-state index contributed by atoms with van der Waals surface area (Å²) in [6.07, 6.45) is 6.50. The maximum atomic E-state index is 4.98. The molecule has 2 heterocycles. The average Bonchev–Trinajstić information content (AvgIpc) is 3.15. The molecule has 2 aliphatic rings. The Hall–Kier alpha value is -1.77. The average molecular weight is 267 g/mol. The van der Waals surface area contributed by atoms with Crippen molar-refractivity contribution >= 4 is 5.82 Å². The number of nitrogens with zero attached hydrogens (tertiary/aromatic N) is 2. The molecule has 104 valence electrons. The Bertz CT molecular complexity index is 636. The summed E-state index contributed by atoms with van der Waals surface area (Å²) in [5, 5.41) is 8.51. The molecule has 0 unspecified atom stereocenters. The zero-order chi connectivity index (χ0) is 13.5. The molecule has 1 aromatic heterocycles. The van der Waals surface area contributed by atoms with Crippen molar-refractivity contribution in [2.24, 2.45) is 0 Å². The highest BCUT2D eigenvalue weighted by atomic mass is 15.3. The van der Waals surface area contributed by atoms with Gasteiger partial charge in [-0.25, -0.2) is 4.68 Å². The van der Waals surface area contributed by atoms with Gasteiger partial charge in [0.15, 0.2) is 0 Å². The molecule has 3 heteroatoms. The van der Waals surface area contributed by atoms with Crippen molar-refractivity contribution < 1.29 is 0 Å². The van der Waals surface area contributed by atoms with Crippen LogP contribution in [-0.2, 0) is 6.42 Å². The molecule has 2 aromatic rings. The van der Waals surface area contributed by atoms with E-state index in [1.807, 2.05) is 0 Å². The van der Waals surface area contributed by atoms with Gasteiger partial charge in [0.1, 0.15) is 5.82 Å². The number of aryl methyl sites for hydroxylation is 1. The first-order valence-electron chi connectivity index (χ1n) is 7.75. The van der Waals surface area contributed by atoms with Crippen LogP contribution in [-0.4, -0.2) is 16.3 Å². The van der Waals surface area contributed by atoms with E-state index >= 15 is 0 Å². The Morgan fingerprint density at radius 2 is 2.10 bits per heavy atom. The van der Waals surface area contributed by atoms with Crippen LogP contribution < -0.4 is 5.32 Å². The van der Waals surface area contributed by atoms with Crippen LogP contribution >= 0.6 is 0 Å². The van der Waals surface area contributed by atoms with Gasteiger partial charge in [0, 0.05) is 18.0 Å². The third-order valence-corrected chi connectivity index (χ3v) is 4.67. The third kappa shape index (κ3) is 1.84. The molecule has 0 bridgehead atoms. The Morgan fingerprint density at radius 1 is 1.25 bits per heavy atom. The predicted octanol–water partition coefficient (Wildman–Crippen LogP) is 3.81. The summed E-state index contributed by atoms with van der Waals surface area (Å²) in [7, 11) is 0. The molecule has 1 aliphatic carbocycles. The lowest BCUT2D eigenvalue weighted by Crippen LogP contribution is -2.06. The maximum Gasteiger partial charge on any atom is 0.133 e. The van der Waals surface area contributed by atoms with Crippen LogP contribution in [0.2, 0.25) is 0 Å². The Balaban J connectivity index is 1.82. The van der Waals surface area contributed by atoms with Gasteiger partial charge in [-0.05, 0) is 43.9 Å². The lowest BCUT2D eigenvalue weighted by atomic mass is 9.99. The highest BCUT2D eigenvalue weighted by molar-refractivity contribution is 5.58. The summed E-state index contributed by atoms with van der Waals surface area (Å²) < 4.78 is 2.13. The van der Waals surface area contributed by atoms with Crippen molar-refractivity contribution in [3.05, 3.63) is 41.1 Å². The topological polar surface area (TPSA) is 29.9 Å². The number of hydrogen-bond donors (Lipinski definition) is 1. The normalized spacial score (nSPS) is 18.2. The molecule has 0 spiro atoms. The van der Waals surface area contributed by atoms with Gasteiger partial charge in [-0.2, -0.15) is 5.10 Å². The van der Waals surface area contributed by atoms with E-state index in [4.69, 9.17) is 5.10 Å². The Morgan fingerprint density at radius 3 is 2.90 bits per heavy atom. The number of aromatic nitrogens is 2. The van der Waals surface area contributed by atoms with Crippen molar-refractivity contribution in [2.75, 3.05) is 11.9 Å². The first-order chi connectivity index (χ1) is 9.83. The van der Waals surface area contributed by atoms with Gasteiger partial charge in [0.25, 0.3) is 0 Å². The molecule has 1 aliphatic heterocycles. The molecule has 1 fully saturated rings. The zero-order valence-corrected chi connectivity index (χ0v) is 12.0. The number of rotatable bonds is 2. The molecular weight excluding hydrogens is 246 g/mol. The van der Waals surface area contributed by atoms with Crippen molar-refractivity contribution in [3.63, 3.8) is 0 Å². The van der Waals surface area contributed by atoms with Gasteiger partial charge >= 0.3 is 0 Å². The fraction of sp³-hybridized carbons (Fsp3) is 0.471. The second-order valence-corrected chi connectivity index (χ2v) is 6.12. The second kappa shape index (κ2) is 4.65. The molecule has 0 radical (unpaired) electrons. The fourth-order valence-corrected chi connectivity index (χ4v) is 3.68. The summed E-state index contributed by atoms with van der Waals surface area (Å²) in [6.45, 7) is 3.19. The minimum Gasteiger partial charge on any atom is -0.369 e. The van der Waals surface area contributed by atoms with Gasteiger partial charge < -0.3 is 5.32 Å². The van der Waals surface area contributed by atoms with E-state index in [0.717, 1.165) is 13.0 Å². The minimum atomic E-state index is 0.690. The van der Waals surface area contributed by atoms with E-state index < -0.39 is 0 Å². The van der Waals surface area contributed by atoms with Crippen LogP contribution in [0.25, 0.3) is 5.69 Å². The smallest absolute Gasteiger partial charge is 0.133 e. The van der Waals surface area contributed by atoms with E-state index in [9.17, 15) is 0 Å². The van der Waals surface area contributed by atoms with Crippen LogP contribution in [0.4, 0.5) is 5.82 Å². The Labute approximate surface area is 120 Å². The predicted molar refractivity (Wildman–Crippen MR) is 81.7 cm³/mol. The van der Waals surface area contributed by atoms with Gasteiger partial charge in [-0.15, -0.1) is 0 Å². The lowest BCUT2D eigenvalue weighted by Gasteiger charge is -2.08. The first-order valence-corrected chi connectivity index (χ1v) is 7.75. The molecule has 4 rings (SSSR count). The number of nitrogens with one attached hydrogen (secondary N) is 1. The maximum absolute atomic E-state index is 4.98. The van der Waals surface area contributed by atoms with E-state index in [0.29, 0.717) is 5.92 Å². The standard InChI is InChI=1S/C17H21N3/c1-12-5-4-8-14(11-12)20-17-15(9-10-18-17)16(19-20)13-6-2-3-7-13/h4-5,8,11,13,18H,2-3,6-7,9-10H2,1H3. The Kier molecular flexibility index (Phi) is 2.79. The second-order valence-electron chi connectivity index (χ2n) is 6.12. The largest absolute Gasteiger partial charge is 0.369 e. The fourth-order valence-electron chi connectivity index (χ4n) is 3.68. The monoisotopic (exact) mass is 267 g/mol. The van der Waals surface area contributed by atoms with E-state index in [-0.39, 0.29) is 0 Å². The van der Waals surface area contributed by atoms with Gasteiger partial charge in [-0.1, -0.05) is 25.0 Å². The van der Waals surface area contributed by atoms with Crippen molar-refractivity contribution in [1.82, 2.24) is 9.78 Å². The summed E-state index contributed by atoms with van der Waals surface area (Å²) in [6, 6.07) is 8.62. The highest BCUT2D eigenvalue weighted by Crippen LogP contribution is 2.39.